The van der Waals surface area contributed by atoms with E-state index in [1.54, 1.807) is 61.5 Å². The van der Waals surface area contributed by atoms with Gasteiger partial charge in [-0.1, -0.05) is 66.7 Å². The zero-order valence-electron chi connectivity index (χ0n) is 17.9. The average Bonchev–Trinajstić information content (AvgIpc) is 2.83. The highest BCUT2D eigenvalue weighted by Crippen LogP contribution is 2.34. The summed E-state index contributed by atoms with van der Waals surface area (Å²) in [4.78, 5) is 37.9. The summed E-state index contributed by atoms with van der Waals surface area (Å²) >= 11 is 0. The molecule has 1 atom stereocenters. The van der Waals surface area contributed by atoms with Gasteiger partial charge in [0.1, 0.15) is 12.4 Å². The third-order valence-corrected chi connectivity index (χ3v) is 5.14. The fraction of sp³-hybridized carbons (Fsp3) is 0.115. The van der Waals surface area contributed by atoms with Crippen molar-refractivity contribution in [3.8, 4) is 5.75 Å². The molecule has 0 bridgehead atoms. The van der Waals surface area contributed by atoms with Crippen LogP contribution >= 0.6 is 0 Å². The van der Waals surface area contributed by atoms with Gasteiger partial charge >= 0.3 is 18.0 Å². The number of rotatable bonds is 6. The van der Waals surface area contributed by atoms with Crippen molar-refractivity contribution >= 4 is 18.0 Å². The monoisotopic (exact) mass is 442 g/mol. The van der Waals surface area contributed by atoms with Gasteiger partial charge in [0, 0.05) is 11.3 Å². The van der Waals surface area contributed by atoms with Gasteiger partial charge in [-0.3, -0.25) is 0 Å². The molecule has 0 saturated carbocycles. The zero-order chi connectivity index (χ0) is 23.2. The minimum Gasteiger partial charge on any atom is -0.457 e. The minimum atomic E-state index is -0.859. The molecule has 2 amide bonds. The van der Waals surface area contributed by atoms with Crippen molar-refractivity contribution in [1.29, 1.82) is 0 Å². The molecule has 0 aliphatic carbocycles. The molecule has 0 fully saturated rings. The van der Waals surface area contributed by atoms with Crippen molar-refractivity contribution in [3.63, 3.8) is 0 Å². The molecular formula is C26H22N2O5. The SMILES string of the molecule is CC1=C(C(=O)OCc2ccccc2)C(c2ccccc2OC(=O)c2ccccc2)NC(=O)N1. The molecule has 2 N–H and O–H groups in total. The number of carbonyl (C=O) groups excluding carboxylic acids is 3. The molecular weight excluding hydrogens is 420 g/mol. The Kier molecular flexibility index (Phi) is 6.50. The van der Waals surface area contributed by atoms with E-state index in [1.165, 1.54) is 0 Å². The van der Waals surface area contributed by atoms with Gasteiger partial charge in [-0.2, -0.15) is 0 Å². The first kappa shape index (κ1) is 21.8. The number of hydrogen-bond donors (Lipinski definition) is 2. The van der Waals surface area contributed by atoms with Crippen molar-refractivity contribution in [2.24, 2.45) is 0 Å². The predicted octanol–water partition coefficient (Wildman–Crippen LogP) is 4.28. The number of benzene rings is 3. The van der Waals surface area contributed by atoms with Gasteiger partial charge in [-0.05, 0) is 30.7 Å². The lowest BCUT2D eigenvalue weighted by molar-refractivity contribution is -0.140. The van der Waals surface area contributed by atoms with Crippen LogP contribution in [0.3, 0.4) is 0 Å². The van der Waals surface area contributed by atoms with E-state index in [9.17, 15) is 14.4 Å². The van der Waals surface area contributed by atoms with Gasteiger partial charge in [0.25, 0.3) is 0 Å². The fourth-order valence-electron chi connectivity index (χ4n) is 3.54. The van der Waals surface area contributed by atoms with E-state index in [0.717, 1.165) is 5.56 Å². The number of para-hydroxylation sites is 1. The van der Waals surface area contributed by atoms with Crippen molar-refractivity contribution in [2.45, 2.75) is 19.6 Å². The first-order valence-electron chi connectivity index (χ1n) is 10.4. The number of ether oxygens (including phenoxy) is 2. The van der Waals surface area contributed by atoms with Crippen LogP contribution in [0.25, 0.3) is 0 Å². The molecule has 4 rings (SSSR count). The second kappa shape index (κ2) is 9.82. The van der Waals surface area contributed by atoms with Crippen LogP contribution in [0.4, 0.5) is 4.79 Å². The summed E-state index contributed by atoms with van der Waals surface area (Å²) in [6.07, 6.45) is 0. The molecule has 1 aliphatic heterocycles. The third-order valence-electron chi connectivity index (χ3n) is 5.14. The van der Waals surface area contributed by atoms with E-state index in [2.05, 4.69) is 10.6 Å². The zero-order valence-corrected chi connectivity index (χ0v) is 17.9. The van der Waals surface area contributed by atoms with E-state index in [4.69, 9.17) is 9.47 Å². The minimum absolute atomic E-state index is 0.0851. The smallest absolute Gasteiger partial charge is 0.343 e. The second-order valence-corrected chi connectivity index (χ2v) is 7.43. The Labute approximate surface area is 191 Å². The summed E-state index contributed by atoms with van der Waals surface area (Å²) in [5.41, 5.74) is 2.28. The molecule has 33 heavy (non-hydrogen) atoms. The van der Waals surface area contributed by atoms with Crippen LogP contribution in [0, 0.1) is 0 Å². The van der Waals surface area contributed by atoms with Crippen LogP contribution in [-0.4, -0.2) is 18.0 Å². The maximum Gasteiger partial charge on any atom is 0.343 e. The summed E-state index contributed by atoms with van der Waals surface area (Å²) in [6.45, 7) is 1.71. The molecule has 0 spiro atoms. The van der Waals surface area contributed by atoms with Gasteiger partial charge in [0.15, 0.2) is 0 Å². The van der Waals surface area contributed by atoms with Crippen LogP contribution in [-0.2, 0) is 16.1 Å². The lowest BCUT2D eigenvalue weighted by atomic mass is 9.95. The molecule has 166 valence electrons. The number of amides is 2. The number of esters is 2. The molecule has 0 saturated heterocycles. The maximum absolute atomic E-state index is 13.0. The van der Waals surface area contributed by atoms with Gasteiger partial charge in [-0.15, -0.1) is 0 Å². The van der Waals surface area contributed by atoms with Crippen LogP contribution in [0.2, 0.25) is 0 Å². The van der Waals surface area contributed by atoms with Crippen molar-refractivity contribution in [3.05, 3.63) is 113 Å². The molecule has 1 unspecified atom stereocenters. The normalized spacial score (nSPS) is 15.3. The number of carbonyl (C=O) groups is 3. The standard InChI is InChI=1S/C26H22N2O5/c1-17-22(25(30)32-16-18-10-4-2-5-11-18)23(28-26(31)27-17)20-14-8-9-15-21(20)33-24(29)19-12-6-3-7-13-19/h2-15,23H,16H2,1H3,(H2,27,28,31). The molecule has 0 aromatic heterocycles. The number of nitrogens with one attached hydrogen (secondary N) is 2. The summed E-state index contributed by atoms with van der Waals surface area (Å²) in [6, 6.07) is 23.3. The van der Waals surface area contributed by atoms with Crippen molar-refractivity contribution < 1.29 is 23.9 Å². The molecule has 0 radical (unpaired) electrons. The Bertz CT molecular complexity index is 1210. The first-order chi connectivity index (χ1) is 16.0. The molecule has 1 heterocycles. The van der Waals surface area contributed by atoms with Gasteiger partial charge in [-0.25, -0.2) is 14.4 Å². The average molecular weight is 442 g/mol. The molecule has 7 nitrogen and oxygen atoms in total. The predicted molar refractivity (Wildman–Crippen MR) is 121 cm³/mol. The van der Waals surface area contributed by atoms with Crippen molar-refractivity contribution in [1.82, 2.24) is 10.6 Å². The highest BCUT2D eigenvalue weighted by molar-refractivity contribution is 5.95. The van der Waals surface area contributed by atoms with Gasteiger partial charge in [0.05, 0.1) is 17.2 Å². The van der Waals surface area contributed by atoms with Crippen LogP contribution in [0.1, 0.15) is 34.5 Å². The van der Waals surface area contributed by atoms with Crippen LogP contribution < -0.4 is 15.4 Å². The van der Waals surface area contributed by atoms with E-state index in [0.29, 0.717) is 16.8 Å². The molecule has 3 aromatic rings. The lowest BCUT2D eigenvalue weighted by Crippen LogP contribution is -2.45. The topological polar surface area (TPSA) is 93.7 Å². The molecule has 3 aromatic carbocycles. The van der Waals surface area contributed by atoms with Crippen LogP contribution in [0.5, 0.6) is 5.75 Å². The summed E-state index contributed by atoms with van der Waals surface area (Å²) in [5.74, 6) is -0.894. The quantitative estimate of drug-likeness (QED) is 0.439. The fourth-order valence-corrected chi connectivity index (χ4v) is 3.54. The highest BCUT2D eigenvalue weighted by Gasteiger charge is 2.34. The van der Waals surface area contributed by atoms with E-state index in [-0.39, 0.29) is 17.9 Å². The Morgan fingerprint density at radius 1 is 0.848 bits per heavy atom. The highest BCUT2D eigenvalue weighted by atomic mass is 16.5. The maximum atomic E-state index is 13.0. The van der Waals surface area contributed by atoms with Gasteiger partial charge in [0.2, 0.25) is 0 Å². The van der Waals surface area contributed by atoms with Gasteiger partial charge < -0.3 is 20.1 Å². The summed E-state index contributed by atoms with van der Waals surface area (Å²) < 4.78 is 11.1. The Balaban J connectivity index is 1.62. The Morgan fingerprint density at radius 3 is 2.21 bits per heavy atom. The number of allylic oxidation sites excluding steroid dienone is 1. The first-order valence-corrected chi connectivity index (χ1v) is 10.4. The van der Waals surface area contributed by atoms with E-state index < -0.39 is 24.0 Å². The number of hydrogen-bond acceptors (Lipinski definition) is 5. The molecule has 1 aliphatic rings. The Morgan fingerprint density at radius 2 is 1.48 bits per heavy atom. The summed E-state index contributed by atoms with van der Waals surface area (Å²) in [5, 5.41) is 5.36. The number of urea groups is 1. The van der Waals surface area contributed by atoms with E-state index in [1.807, 2.05) is 30.3 Å². The Hall–Kier alpha value is -4.39. The summed E-state index contributed by atoms with van der Waals surface area (Å²) in [7, 11) is 0. The second-order valence-electron chi connectivity index (χ2n) is 7.43. The lowest BCUT2D eigenvalue weighted by Gasteiger charge is -2.29. The van der Waals surface area contributed by atoms with E-state index >= 15 is 0 Å². The third kappa shape index (κ3) is 5.10. The largest absolute Gasteiger partial charge is 0.457 e. The molecule has 7 heteroatoms. The van der Waals surface area contributed by atoms with Crippen molar-refractivity contribution in [2.75, 3.05) is 0 Å². The van der Waals surface area contributed by atoms with Crippen LogP contribution in [0.15, 0.2) is 96.2 Å².